The molecule has 0 aliphatic carbocycles. The molecule has 0 spiro atoms. The fourth-order valence-electron chi connectivity index (χ4n) is 4.39. The van der Waals surface area contributed by atoms with Crippen molar-refractivity contribution in [1.29, 1.82) is 0 Å². The van der Waals surface area contributed by atoms with Crippen molar-refractivity contribution in [2.24, 2.45) is 5.92 Å². The van der Waals surface area contributed by atoms with E-state index in [1.54, 1.807) is 6.07 Å². The molecular weight excluding hydrogens is 371 g/mol. The summed E-state index contributed by atoms with van der Waals surface area (Å²) in [5.41, 5.74) is 0.969. The van der Waals surface area contributed by atoms with Crippen LogP contribution in [-0.4, -0.2) is 48.9 Å². The molecule has 2 aliphatic rings. The molecule has 2 atom stereocenters. The quantitative estimate of drug-likeness (QED) is 0.855. The van der Waals surface area contributed by atoms with E-state index in [0.29, 0.717) is 30.9 Å². The van der Waals surface area contributed by atoms with E-state index in [0.717, 1.165) is 50.9 Å². The Morgan fingerprint density at radius 2 is 1.97 bits per heavy atom. The zero-order chi connectivity index (χ0) is 20.2. The predicted octanol–water partition coefficient (Wildman–Crippen LogP) is 2.98. The Labute approximate surface area is 170 Å². The standard InChI is InChI=1S/C22H29FN4O2/c1-16-3-2-8-27(19(13-16)14-17-4-6-18(23)7-5-17)22-24-20(15-21(28)25-22)26-9-11-29-12-10-26/h4-7,15-16,19H,2-3,8-14H2,1H3,(H,24,25,28)/t16-,19+/m1/s1. The Bertz CT molecular complexity index is 864. The summed E-state index contributed by atoms with van der Waals surface area (Å²) in [6, 6.07) is 8.51. The highest BCUT2D eigenvalue weighted by molar-refractivity contribution is 5.45. The number of aromatic nitrogens is 2. The summed E-state index contributed by atoms with van der Waals surface area (Å²) >= 11 is 0. The molecule has 1 aromatic heterocycles. The maximum absolute atomic E-state index is 13.3. The molecule has 3 heterocycles. The number of nitrogens with zero attached hydrogens (tertiary/aromatic N) is 3. The van der Waals surface area contributed by atoms with Gasteiger partial charge in [0, 0.05) is 31.7 Å². The van der Waals surface area contributed by atoms with Crippen LogP contribution in [0.1, 0.15) is 31.7 Å². The number of halogens is 1. The zero-order valence-corrected chi connectivity index (χ0v) is 16.9. The maximum atomic E-state index is 13.3. The van der Waals surface area contributed by atoms with E-state index in [1.165, 1.54) is 12.1 Å². The summed E-state index contributed by atoms with van der Waals surface area (Å²) in [4.78, 5) is 24.6. The average molecular weight is 400 g/mol. The van der Waals surface area contributed by atoms with Crippen molar-refractivity contribution in [3.63, 3.8) is 0 Å². The first-order valence-electron chi connectivity index (χ1n) is 10.5. The van der Waals surface area contributed by atoms with Gasteiger partial charge in [-0.2, -0.15) is 4.98 Å². The van der Waals surface area contributed by atoms with Gasteiger partial charge in [0.05, 0.1) is 13.2 Å². The summed E-state index contributed by atoms with van der Waals surface area (Å²) in [6.45, 7) is 5.92. The number of morpholine rings is 1. The van der Waals surface area contributed by atoms with E-state index >= 15 is 0 Å². The largest absolute Gasteiger partial charge is 0.378 e. The highest BCUT2D eigenvalue weighted by Gasteiger charge is 2.27. The minimum atomic E-state index is -0.218. The Morgan fingerprint density at radius 1 is 1.21 bits per heavy atom. The second kappa shape index (κ2) is 8.95. The van der Waals surface area contributed by atoms with Crippen molar-refractivity contribution in [2.45, 2.75) is 38.6 Å². The molecule has 2 aliphatic heterocycles. The summed E-state index contributed by atoms with van der Waals surface area (Å²) in [6.07, 6.45) is 4.04. The molecular formula is C22H29FN4O2. The second-order valence-corrected chi connectivity index (χ2v) is 8.19. The van der Waals surface area contributed by atoms with Gasteiger partial charge in [0.2, 0.25) is 5.95 Å². The van der Waals surface area contributed by atoms with Crippen LogP contribution in [0.5, 0.6) is 0 Å². The van der Waals surface area contributed by atoms with Crippen LogP contribution >= 0.6 is 0 Å². The number of anilines is 2. The third-order valence-corrected chi connectivity index (χ3v) is 5.92. The molecule has 2 aromatic rings. The topological polar surface area (TPSA) is 61.5 Å². The molecule has 7 heteroatoms. The molecule has 0 amide bonds. The highest BCUT2D eigenvalue weighted by Crippen LogP contribution is 2.28. The van der Waals surface area contributed by atoms with Crippen molar-refractivity contribution in [2.75, 3.05) is 42.6 Å². The normalized spacial score (nSPS) is 23.1. The first-order valence-corrected chi connectivity index (χ1v) is 10.5. The molecule has 2 fully saturated rings. The fourth-order valence-corrected chi connectivity index (χ4v) is 4.39. The number of benzene rings is 1. The lowest BCUT2D eigenvalue weighted by atomic mass is 9.94. The van der Waals surface area contributed by atoms with E-state index in [2.05, 4.69) is 21.7 Å². The van der Waals surface area contributed by atoms with Crippen molar-refractivity contribution in [3.8, 4) is 0 Å². The summed E-state index contributed by atoms with van der Waals surface area (Å²) in [5.74, 6) is 1.73. The molecule has 4 rings (SSSR count). The number of nitrogens with one attached hydrogen (secondary N) is 1. The van der Waals surface area contributed by atoms with Crippen LogP contribution in [0.15, 0.2) is 35.1 Å². The minimum Gasteiger partial charge on any atom is -0.378 e. The van der Waals surface area contributed by atoms with Crippen molar-refractivity contribution in [3.05, 3.63) is 52.1 Å². The van der Waals surface area contributed by atoms with Gasteiger partial charge in [0.1, 0.15) is 11.6 Å². The van der Waals surface area contributed by atoms with Gasteiger partial charge in [-0.15, -0.1) is 0 Å². The lowest BCUT2D eigenvalue weighted by molar-refractivity contribution is 0.122. The van der Waals surface area contributed by atoms with E-state index in [4.69, 9.17) is 9.72 Å². The van der Waals surface area contributed by atoms with Crippen LogP contribution in [0.3, 0.4) is 0 Å². The van der Waals surface area contributed by atoms with Gasteiger partial charge in [-0.3, -0.25) is 9.78 Å². The number of aromatic amines is 1. The Kier molecular flexibility index (Phi) is 6.13. The van der Waals surface area contributed by atoms with Gasteiger partial charge in [0.25, 0.3) is 5.56 Å². The molecule has 1 N–H and O–H groups in total. The molecule has 0 bridgehead atoms. The van der Waals surface area contributed by atoms with Crippen LogP contribution in [0.25, 0.3) is 0 Å². The van der Waals surface area contributed by atoms with Gasteiger partial charge >= 0.3 is 0 Å². The molecule has 29 heavy (non-hydrogen) atoms. The SMILES string of the molecule is C[C@@H]1CCCN(c2nc(N3CCOCC3)cc(=O)[nH]2)[C@H](Cc2ccc(F)cc2)C1. The van der Waals surface area contributed by atoms with Gasteiger partial charge < -0.3 is 14.5 Å². The molecule has 1 aromatic carbocycles. The van der Waals surface area contributed by atoms with Gasteiger partial charge in [-0.25, -0.2) is 4.39 Å². The number of hydrogen-bond donors (Lipinski definition) is 1. The first kappa shape index (κ1) is 19.9. The number of ether oxygens (including phenoxy) is 1. The average Bonchev–Trinajstić information content (AvgIpc) is 2.91. The van der Waals surface area contributed by atoms with E-state index < -0.39 is 0 Å². The molecule has 0 unspecified atom stereocenters. The fraction of sp³-hybridized carbons (Fsp3) is 0.545. The first-order chi connectivity index (χ1) is 14.1. The lowest BCUT2D eigenvalue weighted by Crippen LogP contribution is -2.41. The van der Waals surface area contributed by atoms with Crippen LogP contribution < -0.4 is 15.4 Å². The van der Waals surface area contributed by atoms with Crippen molar-refractivity contribution in [1.82, 2.24) is 9.97 Å². The van der Waals surface area contributed by atoms with Crippen molar-refractivity contribution >= 4 is 11.8 Å². The zero-order valence-electron chi connectivity index (χ0n) is 16.9. The van der Waals surface area contributed by atoms with Crippen LogP contribution in [0.2, 0.25) is 0 Å². The minimum absolute atomic E-state index is 0.130. The van der Waals surface area contributed by atoms with E-state index in [-0.39, 0.29) is 17.4 Å². The van der Waals surface area contributed by atoms with Crippen LogP contribution in [-0.2, 0) is 11.2 Å². The number of hydrogen-bond acceptors (Lipinski definition) is 5. The molecule has 156 valence electrons. The van der Waals surface area contributed by atoms with Crippen molar-refractivity contribution < 1.29 is 9.13 Å². The maximum Gasteiger partial charge on any atom is 0.254 e. The molecule has 0 radical (unpaired) electrons. The Balaban J connectivity index is 1.63. The lowest BCUT2D eigenvalue weighted by Gasteiger charge is -2.33. The molecule has 0 saturated carbocycles. The summed E-state index contributed by atoms with van der Waals surface area (Å²) in [5, 5.41) is 0. The highest BCUT2D eigenvalue weighted by atomic mass is 19.1. The van der Waals surface area contributed by atoms with E-state index in [1.807, 2.05) is 12.1 Å². The number of H-pyrrole nitrogens is 1. The van der Waals surface area contributed by atoms with Gasteiger partial charge in [-0.05, 0) is 49.3 Å². The second-order valence-electron chi connectivity index (χ2n) is 8.19. The molecule has 6 nitrogen and oxygen atoms in total. The van der Waals surface area contributed by atoms with Crippen LogP contribution in [0, 0.1) is 11.7 Å². The number of rotatable bonds is 4. The summed E-state index contributed by atoms with van der Waals surface area (Å²) < 4.78 is 18.8. The monoisotopic (exact) mass is 400 g/mol. The Morgan fingerprint density at radius 3 is 2.72 bits per heavy atom. The predicted molar refractivity (Wildman–Crippen MR) is 112 cm³/mol. The summed E-state index contributed by atoms with van der Waals surface area (Å²) in [7, 11) is 0. The third-order valence-electron chi connectivity index (χ3n) is 5.92. The smallest absolute Gasteiger partial charge is 0.254 e. The van der Waals surface area contributed by atoms with E-state index in [9.17, 15) is 9.18 Å². The molecule has 2 saturated heterocycles. The van der Waals surface area contributed by atoms with Gasteiger partial charge in [-0.1, -0.05) is 19.1 Å². The van der Waals surface area contributed by atoms with Gasteiger partial charge in [0.15, 0.2) is 0 Å². The van der Waals surface area contributed by atoms with Crippen LogP contribution in [0.4, 0.5) is 16.2 Å². The third kappa shape index (κ3) is 4.96. The Hall–Kier alpha value is -2.41.